The molecule has 3 N–H and O–H groups in total. The molecule has 0 aromatic rings. The Morgan fingerprint density at radius 1 is 1.20 bits per heavy atom. The van der Waals surface area contributed by atoms with Gasteiger partial charge in [-0.3, -0.25) is 14.5 Å². The van der Waals surface area contributed by atoms with Crippen LogP contribution in [0.2, 0.25) is 0 Å². The molecule has 1 rings (SSSR count). The fourth-order valence-corrected chi connectivity index (χ4v) is 2.19. The van der Waals surface area contributed by atoms with Crippen molar-refractivity contribution >= 4 is 11.9 Å². The van der Waals surface area contributed by atoms with Gasteiger partial charge in [-0.05, 0) is 11.8 Å². The Labute approximate surface area is 120 Å². The normalized spacial score (nSPS) is 19.5. The van der Waals surface area contributed by atoms with E-state index in [-0.39, 0.29) is 23.9 Å². The summed E-state index contributed by atoms with van der Waals surface area (Å²) in [4.78, 5) is 26.6. The van der Waals surface area contributed by atoms with E-state index < -0.39 is 5.97 Å². The average molecular weight is 285 g/mol. The number of nitrogens with two attached hydrogens (primary N) is 1. The predicted molar refractivity (Wildman–Crippen MR) is 77.3 cm³/mol. The summed E-state index contributed by atoms with van der Waals surface area (Å²) in [5, 5.41) is 8.80. The number of carboxylic acid groups (broad SMARTS) is 1. The fourth-order valence-electron chi connectivity index (χ4n) is 2.19. The molecular formula is C14H27N3O3. The van der Waals surface area contributed by atoms with Crippen molar-refractivity contribution in [2.45, 2.75) is 39.7 Å². The number of aliphatic carboxylic acids is 1. The molecule has 0 bridgehead atoms. The van der Waals surface area contributed by atoms with Crippen molar-refractivity contribution in [3.8, 4) is 0 Å². The van der Waals surface area contributed by atoms with Gasteiger partial charge in [-0.15, -0.1) is 0 Å². The molecule has 0 aromatic carbocycles. The summed E-state index contributed by atoms with van der Waals surface area (Å²) >= 11 is 0. The number of carbonyl (C=O) groups is 2. The summed E-state index contributed by atoms with van der Waals surface area (Å²) in [7, 11) is 0. The maximum Gasteiger partial charge on any atom is 0.317 e. The number of carboxylic acids is 1. The number of hydrogen-bond donors (Lipinski definition) is 2. The van der Waals surface area contributed by atoms with Crippen molar-refractivity contribution in [2.24, 2.45) is 11.1 Å². The molecule has 0 spiro atoms. The fraction of sp³-hybridized carbons (Fsp3) is 0.857. The molecule has 1 heterocycles. The number of amides is 1. The van der Waals surface area contributed by atoms with Crippen molar-refractivity contribution in [1.82, 2.24) is 9.80 Å². The minimum absolute atomic E-state index is 0.0452. The second-order valence-corrected chi connectivity index (χ2v) is 6.58. The molecule has 6 heteroatoms. The molecule has 1 atom stereocenters. The van der Waals surface area contributed by atoms with Crippen LogP contribution in [0.3, 0.4) is 0 Å². The Morgan fingerprint density at radius 2 is 1.85 bits per heavy atom. The van der Waals surface area contributed by atoms with Crippen LogP contribution in [0, 0.1) is 5.41 Å². The summed E-state index contributed by atoms with van der Waals surface area (Å²) in [6.07, 6.45) is 1.16. The van der Waals surface area contributed by atoms with Crippen LogP contribution in [0.4, 0.5) is 0 Å². The highest BCUT2D eigenvalue weighted by Gasteiger charge is 2.26. The van der Waals surface area contributed by atoms with Crippen LogP contribution in [0.25, 0.3) is 0 Å². The Balaban J connectivity index is 2.48. The molecule has 0 aliphatic carbocycles. The third-order valence-corrected chi connectivity index (χ3v) is 3.81. The molecule has 0 radical (unpaired) electrons. The van der Waals surface area contributed by atoms with Gasteiger partial charge in [-0.2, -0.15) is 0 Å². The Morgan fingerprint density at radius 3 is 2.40 bits per heavy atom. The van der Waals surface area contributed by atoms with Crippen LogP contribution < -0.4 is 5.73 Å². The van der Waals surface area contributed by atoms with E-state index in [0.717, 1.165) is 13.0 Å². The molecule has 1 saturated heterocycles. The van der Waals surface area contributed by atoms with Gasteiger partial charge in [0.1, 0.15) is 0 Å². The highest BCUT2D eigenvalue weighted by molar-refractivity contribution is 5.77. The van der Waals surface area contributed by atoms with Crippen LogP contribution in [-0.2, 0) is 9.59 Å². The van der Waals surface area contributed by atoms with Crippen LogP contribution in [-0.4, -0.2) is 65.5 Å². The third kappa shape index (κ3) is 5.46. The largest absolute Gasteiger partial charge is 0.480 e. The molecule has 1 aliphatic heterocycles. The molecule has 116 valence electrons. The van der Waals surface area contributed by atoms with Crippen LogP contribution in [0.15, 0.2) is 0 Å². The van der Waals surface area contributed by atoms with Crippen molar-refractivity contribution in [3.05, 3.63) is 0 Å². The third-order valence-electron chi connectivity index (χ3n) is 3.81. The van der Waals surface area contributed by atoms with Gasteiger partial charge in [-0.1, -0.05) is 20.8 Å². The zero-order valence-electron chi connectivity index (χ0n) is 12.8. The van der Waals surface area contributed by atoms with Gasteiger partial charge in [0, 0.05) is 38.6 Å². The quantitative estimate of drug-likeness (QED) is 0.779. The smallest absolute Gasteiger partial charge is 0.317 e. The predicted octanol–water partition coefficient (Wildman–Crippen LogP) is 0.369. The second kappa shape index (κ2) is 7.04. The monoisotopic (exact) mass is 285 g/mol. The van der Waals surface area contributed by atoms with E-state index in [2.05, 4.69) is 0 Å². The second-order valence-electron chi connectivity index (χ2n) is 6.58. The molecule has 0 aromatic heterocycles. The average Bonchev–Trinajstić information content (AvgIpc) is 2.52. The first-order valence-corrected chi connectivity index (χ1v) is 7.17. The van der Waals surface area contributed by atoms with Gasteiger partial charge in [0.25, 0.3) is 0 Å². The summed E-state index contributed by atoms with van der Waals surface area (Å²) in [5.41, 5.74) is 5.97. The number of rotatable bonds is 4. The zero-order chi connectivity index (χ0) is 15.3. The van der Waals surface area contributed by atoms with Crippen molar-refractivity contribution in [3.63, 3.8) is 0 Å². The molecule has 1 fully saturated rings. The minimum atomic E-state index is -0.820. The van der Waals surface area contributed by atoms with E-state index in [1.54, 1.807) is 0 Å². The first-order valence-electron chi connectivity index (χ1n) is 7.17. The molecule has 20 heavy (non-hydrogen) atoms. The summed E-state index contributed by atoms with van der Waals surface area (Å²) in [6, 6.07) is -0.159. The molecule has 1 aliphatic rings. The van der Waals surface area contributed by atoms with Crippen LogP contribution in [0.5, 0.6) is 0 Å². The van der Waals surface area contributed by atoms with Crippen LogP contribution >= 0.6 is 0 Å². The lowest BCUT2D eigenvalue weighted by Crippen LogP contribution is -2.43. The standard InChI is InChI=1S/C14H27N3O3/c1-14(2,3)11(15)9-12(18)17-6-4-5-16(7-8-17)10-13(19)20/h11H,4-10,15H2,1-3H3,(H,19,20). The lowest BCUT2D eigenvalue weighted by atomic mass is 9.85. The van der Waals surface area contributed by atoms with Gasteiger partial charge in [0.15, 0.2) is 0 Å². The summed E-state index contributed by atoms with van der Waals surface area (Å²) < 4.78 is 0. The topological polar surface area (TPSA) is 86.9 Å². The first kappa shape index (κ1) is 16.9. The van der Waals surface area contributed by atoms with Gasteiger partial charge >= 0.3 is 5.97 Å². The van der Waals surface area contributed by atoms with E-state index >= 15 is 0 Å². The van der Waals surface area contributed by atoms with Gasteiger partial charge < -0.3 is 15.7 Å². The number of carbonyl (C=O) groups excluding carboxylic acids is 1. The number of hydrogen-bond acceptors (Lipinski definition) is 4. The maximum atomic E-state index is 12.2. The SMILES string of the molecule is CC(C)(C)C(N)CC(=O)N1CCCN(CC(=O)O)CC1. The Bertz CT molecular complexity index is 352. The van der Waals surface area contributed by atoms with Gasteiger partial charge in [-0.25, -0.2) is 0 Å². The van der Waals surface area contributed by atoms with E-state index in [9.17, 15) is 9.59 Å². The Hall–Kier alpha value is -1.14. The molecule has 6 nitrogen and oxygen atoms in total. The lowest BCUT2D eigenvalue weighted by molar-refractivity contribution is -0.138. The highest BCUT2D eigenvalue weighted by atomic mass is 16.4. The van der Waals surface area contributed by atoms with E-state index in [1.165, 1.54) is 0 Å². The van der Waals surface area contributed by atoms with Gasteiger partial charge in [0.05, 0.1) is 6.54 Å². The molecule has 0 saturated carbocycles. The molecule has 1 unspecified atom stereocenters. The van der Waals surface area contributed by atoms with Crippen molar-refractivity contribution in [2.75, 3.05) is 32.7 Å². The van der Waals surface area contributed by atoms with Crippen molar-refractivity contribution < 1.29 is 14.7 Å². The maximum absolute atomic E-state index is 12.2. The van der Waals surface area contributed by atoms with Crippen LogP contribution in [0.1, 0.15) is 33.6 Å². The van der Waals surface area contributed by atoms with E-state index in [0.29, 0.717) is 26.1 Å². The van der Waals surface area contributed by atoms with E-state index in [4.69, 9.17) is 10.8 Å². The number of nitrogens with zero attached hydrogens (tertiary/aromatic N) is 2. The molecular weight excluding hydrogens is 258 g/mol. The van der Waals surface area contributed by atoms with Gasteiger partial charge in [0.2, 0.25) is 5.91 Å². The molecule has 1 amide bonds. The first-order chi connectivity index (χ1) is 9.20. The zero-order valence-corrected chi connectivity index (χ0v) is 12.8. The Kier molecular flexibility index (Phi) is 5.95. The lowest BCUT2D eigenvalue weighted by Gasteiger charge is -2.29. The summed E-state index contributed by atoms with van der Waals surface area (Å²) in [6.45, 7) is 8.74. The minimum Gasteiger partial charge on any atom is -0.480 e. The summed E-state index contributed by atoms with van der Waals surface area (Å²) in [5.74, 6) is -0.746. The highest BCUT2D eigenvalue weighted by Crippen LogP contribution is 2.20. The van der Waals surface area contributed by atoms with Crippen molar-refractivity contribution in [1.29, 1.82) is 0 Å². The van der Waals surface area contributed by atoms with E-state index in [1.807, 2.05) is 30.6 Å².